The molecule has 1 fully saturated rings. The number of hydrogen-bond acceptors (Lipinski definition) is 3. The molecule has 3 aromatic carbocycles. The van der Waals surface area contributed by atoms with E-state index in [-0.39, 0.29) is 30.3 Å². The van der Waals surface area contributed by atoms with E-state index in [1.165, 1.54) is 24.3 Å². The zero-order valence-electron chi connectivity index (χ0n) is 22.2. The highest BCUT2D eigenvalue weighted by Crippen LogP contribution is 2.51. The number of aryl methyl sites for hydroxylation is 1. The van der Waals surface area contributed by atoms with E-state index in [1.54, 1.807) is 41.3 Å². The van der Waals surface area contributed by atoms with E-state index in [2.05, 4.69) is 5.32 Å². The van der Waals surface area contributed by atoms with Crippen molar-refractivity contribution in [1.29, 1.82) is 0 Å². The lowest BCUT2D eigenvalue weighted by atomic mass is 9.63. The SMILES string of the molecule is CC(F)(c1ccc2c(c1)CC[C@H]1N(C(=O)c3ccc4c(c3)OCC(=O)N4)CC[C@@]21Cc1ccc(F)cc1)C(F)(F)F. The van der Waals surface area contributed by atoms with E-state index < -0.39 is 22.8 Å². The van der Waals surface area contributed by atoms with Gasteiger partial charge in [0.25, 0.3) is 11.8 Å². The molecule has 41 heavy (non-hydrogen) atoms. The Morgan fingerprint density at radius 3 is 2.56 bits per heavy atom. The second kappa shape index (κ2) is 9.56. The quantitative estimate of drug-likeness (QED) is 0.378. The van der Waals surface area contributed by atoms with Crippen LogP contribution in [0.15, 0.2) is 60.7 Å². The molecule has 1 unspecified atom stereocenters. The molecular formula is C31H27F5N2O3. The summed E-state index contributed by atoms with van der Waals surface area (Å²) in [4.78, 5) is 27.3. The van der Waals surface area contributed by atoms with Gasteiger partial charge >= 0.3 is 6.18 Å². The Hall–Kier alpha value is -3.95. The van der Waals surface area contributed by atoms with Gasteiger partial charge in [0.15, 0.2) is 6.61 Å². The van der Waals surface area contributed by atoms with Crippen LogP contribution in [-0.4, -0.2) is 42.1 Å². The van der Waals surface area contributed by atoms with Gasteiger partial charge in [-0.2, -0.15) is 13.2 Å². The monoisotopic (exact) mass is 570 g/mol. The molecule has 0 radical (unpaired) electrons. The predicted octanol–water partition coefficient (Wildman–Crippen LogP) is 6.25. The van der Waals surface area contributed by atoms with E-state index in [0.717, 1.165) is 11.1 Å². The van der Waals surface area contributed by atoms with Gasteiger partial charge in [0.1, 0.15) is 11.6 Å². The van der Waals surface area contributed by atoms with Crippen molar-refractivity contribution in [2.24, 2.45) is 0 Å². The molecule has 2 aliphatic heterocycles. The second-order valence-corrected chi connectivity index (χ2v) is 11.2. The zero-order chi connectivity index (χ0) is 29.2. The van der Waals surface area contributed by atoms with Crippen molar-refractivity contribution in [2.75, 3.05) is 18.5 Å². The maximum absolute atomic E-state index is 14.9. The molecule has 2 amide bonds. The third kappa shape index (κ3) is 4.53. The van der Waals surface area contributed by atoms with Gasteiger partial charge in [-0.05, 0) is 85.2 Å². The number of likely N-dealkylation sites (tertiary alicyclic amines) is 1. The van der Waals surface area contributed by atoms with Gasteiger partial charge in [-0.25, -0.2) is 8.78 Å². The fourth-order valence-electron chi connectivity index (χ4n) is 6.61. The molecule has 1 N–H and O–H groups in total. The van der Waals surface area contributed by atoms with Crippen molar-refractivity contribution in [1.82, 2.24) is 4.90 Å². The maximum atomic E-state index is 14.9. The summed E-state index contributed by atoms with van der Waals surface area (Å²) in [5.74, 6) is -0.505. The summed E-state index contributed by atoms with van der Waals surface area (Å²) in [7, 11) is 0. The lowest BCUT2D eigenvalue weighted by Crippen LogP contribution is -2.49. The molecule has 1 aliphatic carbocycles. The fraction of sp³-hybridized carbons (Fsp3) is 0.355. The Balaban J connectivity index is 1.39. The second-order valence-electron chi connectivity index (χ2n) is 11.2. The van der Waals surface area contributed by atoms with E-state index in [0.29, 0.717) is 61.7 Å². The summed E-state index contributed by atoms with van der Waals surface area (Å²) in [6.07, 6.45) is -3.27. The van der Waals surface area contributed by atoms with Crippen molar-refractivity contribution in [3.05, 3.63) is 94.3 Å². The molecule has 5 nitrogen and oxygen atoms in total. The van der Waals surface area contributed by atoms with Crippen LogP contribution < -0.4 is 10.1 Å². The summed E-state index contributed by atoms with van der Waals surface area (Å²) in [6, 6.07) is 14.7. The highest BCUT2D eigenvalue weighted by molar-refractivity contribution is 5.99. The molecule has 0 spiro atoms. The normalized spacial score (nSPS) is 23.0. The minimum atomic E-state index is -5.07. The summed E-state index contributed by atoms with van der Waals surface area (Å²) in [5, 5.41) is 2.70. The van der Waals surface area contributed by atoms with E-state index in [1.807, 2.05) is 0 Å². The van der Waals surface area contributed by atoms with Crippen molar-refractivity contribution in [2.45, 2.75) is 55.9 Å². The van der Waals surface area contributed by atoms with Crippen LogP contribution in [0.1, 0.15) is 52.4 Å². The van der Waals surface area contributed by atoms with E-state index >= 15 is 0 Å². The molecule has 6 rings (SSSR count). The number of hydrogen-bond donors (Lipinski definition) is 1. The van der Waals surface area contributed by atoms with Crippen LogP contribution in [0, 0.1) is 5.82 Å². The lowest BCUT2D eigenvalue weighted by Gasteiger charge is -2.44. The number of nitrogens with one attached hydrogen (secondary N) is 1. The fourth-order valence-corrected chi connectivity index (χ4v) is 6.61. The highest BCUT2D eigenvalue weighted by Gasteiger charge is 2.55. The summed E-state index contributed by atoms with van der Waals surface area (Å²) < 4.78 is 74.6. The Kier molecular flexibility index (Phi) is 6.35. The lowest BCUT2D eigenvalue weighted by molar-refractivity contribution is -0.228. The first-order valence-corrected chi connectivity index (χ1v) is 13.4. The Morgan fingerprint density at radius 1 is 1.07 bits per heavy atom. The number of fused-ring (bicyclic) bond motifs is 4. The van der Waals surface area contributed by atoms with Crippen LogP contribution in [0.25, 0.3) is 0 Å². The maximum Gasteiger partial charge on any atom is 0.426 e. The molecule has 0 saturated carbocycles. The predicted molar refractivity (Wildman–Crippen MR) is 141 cm³/mol. The summed E-state index contributed by atoms with van der Waals surface area (Å²) >= 11 is 0. The highest BCUT2D eigenvalue weighted by atomic mass is 19.4. The van der Waals surface area contributed by atoms with Crippen molar-refractivity contribution in [3.8, 4) is 5.75 Å². The molecule has 3 aromatic rings. The number of ether oxygens (including phenoxy) is 1. The number of benzene rings is 3. The van der Waals surface area contributed by atoms with Crippen molar-refractivity contribution >= 4 is 17.5 Å². The summed E-state index contributed by atoms with van der Waals surface area (Å²) in [6.45, 7) is 0.769. The minimum Gasteiger partial charge on any atom is -0.482 e. The number of carbonyl (C=O) groups excluding carboxylic acids is 2. The number of rotatable bonds is 4. The first kappa shape index (κ1) is 27.2. The number of nitrogens with zero attached hydrogens (tertiary/aromatic N) is 1. The van der Waals surface area contributed by atoms with Crippen LogP contribution in [0.5, 0.6) is 5.75 Å². The molecule has 0 aromatic heterocycles. The molecule has 1 saturated heterocycles. The number of amides is 2. The minimum absolute atomic E-state index is 0.150. The molecular weight excluding hydrogens is 543 g/mol. The van der Waals surface area contributed by atoms with Gasteiger partial charge in [0, 0.05) is 23.6 Å². The van der Waals surface area contributed by atoms with Gasteiger partial charge in [-0.15, -0.1) is 0 Å². The first-order chi connectivity index (χ1) is 19.4. The Labute approximate surface area is 233 Å². The average Bonchev–Trinajstić information content (AvgIpc) is 3.32. The van der Waals surface area contributed by atoms with E-state index in [4.69, 9.17) is 4.74 Å². The third-order valence-corrected chi connectivity index (χ3v) is 8.77. The van der Waals surface area contributed by atoms with Gasteiger partial charge < -0.3 is 15.0 Å². The van der Waals surface area contributed by atoms with Crippen LogP contribution >= 0.6 is 0 Å². The van der Waals surface area contributed by atoms with Crippen molar-refractivity contribution < 1.29 is 36.3 Å². The van der Waals surface area contributed by atoms with Gasteiger partial charge in [0.2, 0.25) is 5.67 Å². The number of alkyl halides is 4. The smallest absolute Gasteiger partial charge is 0.426 e. The van der Waals surface area contributed by atoms with Crippen LogP contribution in [0.4, 0.5) is 27.6 Å². The van der Waals surface area contributed by atoms with Crippen LogP contribution in [-0.2, 0) is 28.7 Å². The van der Waals surface area contributed by atoms with Crippen LogP contribution in [0.2, 0.25) is 0 Å². The Morgan fingerprint density at radius 2 is 1.83 bits per heavy atom. The number of anilines is 1. The average molecular weight is 571 g/mol. The van der Waals surface area contributed by atoms with Crippen LogP contribution in [0.3, 0.4) is 0 Å². The van der Waals surface area contributed by atoms with Gasteiger partial charge in [0.05, 0.1) is 5.69 Å². The van der Waals surface area contributed by atoms with Gasteiger partial charge in [-0.1, -0.05) is 30.3 Å². The molecule has 0 bridgehead atoms. The molecule has 3 aliphatic rings. The molecule has 3 atom stereocenters. The van der Waals surface area contributed by atoms with E-state index in [9.17, 15) is 31.5 Å². The molecule has 214 valence electrons. The standard InChI is InChI=1S/C31H27F5N2O3/c1-29(33,31(34,35)36)21-6-9-23-19(14-21)5-11-26-30(23,16-18-2-7-22(32)8-3-18)12-13-38(26)28(40)20-4-10-24-25(15-20)41-17-27(39)37-24/h2-4,6-10,14-15,26H,5,11-13,16-17H2,1H3,(H,37,39)/t26-,29?,30-/m1/s1. The largest absolute Gasteiger partial charge is 0.482 e. The molecule has 2 heterocycles. The molecule has 10 heteroatoms. The number of carbonyl (C=O) groups is 2. The number of halogens is 5. The topological polar surface area (TPSA) is 58.6 Å². The van der Waals surface area contributed by atoms with Crippen molar-refractivity contribution in [3.63, 3.8) is 0 Å². The zero-order valence-corrected chi connectivity index (χ0v) is 22.2. The first-order valence-electron chi connectivity index (χ1n) is 13.4. The summed E-state index contributed by atoms with van der Waals surface area (Å²) in [5.41, 5.74) is -1.52. The Bertz CT molecular complexity index is 1540. The third-order valence-electron chi connectivity index (χ3n) is 8.77. The van der Waals surface area contributed by atoms with Gasteiger partial charge in [-0.3, -0.25) is 9.59 Å².